The van der Waals surface area contributed by atoms with Gasteiger partial charge in [-0.1, -0.05) is 24.3 Å². The van der Waals surface area contributed by atoms with Crippen molar-refractivity contribution in [3.8, 4) is 22.3 Å². The standard InChI is InChI=1S/C20H13F6NO/c21-19(22,23)15-5-1-12(2-6-15)14-9-17(18(11-28)27-10-14)13-3-7-16(8-4-13)20(24,25)26/h1-10,28H,11H2. The molecular formula is C20H13F6NO. The van der Waals surface area contributed by atoms with Gasteiger partial charge in [-0.3, -0.25) is 4.98 Å². The third kappa shape index (κ3) is 4.17. The first kappa shape index (κ1) is 19.9. The van der Waals surface area contributed by atoms with Crippen LogP contribution in [0.15, 0.2) is 60.8 Å². The summed E-state index contributed by atoms with van der Waals surface area (Å²) < 4.78 is 76.3. The maximum Gasteiger partial charge on any atom is 0.416 e. The molecule has 0 spiro atoms. The van der Waals surface area contributed by atoms with Gasteiger partial charge in [0, 0.05) is 17.3 Å². The van der Waals surface area contributed by atoms with Crippen LogP contribution < -0.4 is 0 Å². The largest absolute Gasteiger partial charge is 0.416 e. The van der Waals surface area contributed by atoms with E-state index in [0.717, 1.165) is 24.3 Å². The maximum absolute atomic E-state index is 12.7. The van der Waals surface area contributed by atoms with E-state index in [2.05, 4.69) is 4.98 Å². The number of alkyl halides is 6. The van der Waals surface area contributed by atoms with Gasteiger partial charge < -0.3 is 5.11 Å². The fourth-order valence-electron chi connectivity index (χ4n) is 2.72. The Balaban J connectivity index is 2.01. The molecule has 0 saturated carbocycles. The first-order valence-corrected chi connectivity index (χ1v) is 8.04. The van der Waals surface area contributed by atoms with Gasteiger partial charge in [-0.05, 0) is 41.5 Å². The fraction of sp³-hybridized carbons (Fsp3) is 0.150. The molecule has 0 amide bonds. The summed E-state index contributed by atoms with van der Waals surface area (Å²) in [6.45, 7) is -0.441. The molecule has 0 saturated heterocycles. The number of aromatic nitrogens is 1. The Kier molecular flexibility index (Phi) is 5.16. The Labute approximate surface area is 156 Å². The summed E-state index contributed by atoms with van der Waals surface area (Å²) >= 11 is 0. The summed E-state index contributed by atoms with van der Waals surface area (Å²) in [5, 5.41) is 9.48. The van der Waals surface area contributed by atoms with E-state index >= 15 is 0 Å². The number of rotatable bonds is 3. The first-order chi connectivity index (χ1) is 13.1. The summed E-state index contributed by atoms with van der Waals surface area (Å²) in [5.41, 5.74) is 0.370. The SMILES string of the molecule is OCc1ncc(-c2ccc(C(F)(F)F)cc2)cc1-c1ccc(C(F)(F)F)cc1. The van der Waals surface area contributed by atoms with Crippen molar-refractivity contribution in [3.05, 3.63) is 77.6 Å². The van der Waals surface area contributed by atoms with Crippen LogP contribution in [0.2, 0.25) is 0 Å². The summed E-state index contributed by atoms with van der Waals surface area (Å²) in [6, 6.07) is 10.4. The molecule has 8 heteroatoms. The molecule has 0 fully saturated rings. The summed E-state index contributed by atoms with van der Waals surface area (Å²) in [4.78, 5) is 4.10. The third-order valence-corrected chi connectivity index (χ3v) is 4.19. The summed E-state index contributed by atoms with van der Waals surface area (Å²) in [6.07, 6.45) is -7.54. The van der Waals surface area contributed by atoms with Crippen LogP contribution in [0.25, 0.3) is 22.3 Å². The molecule has 3 aromatic rings. The van der Waals surface area contributed by atoms with Crippen LogP contribution in [-0.4, -0.2) is 10.1 Å². The Morgan fingerprint density at radius 2 is 1.14 bits per heavy atom. The molecule has 0 aliphatic heterocycles. The van der Waals surface area contributed by atoms with Crippen LogP contribution in [-0.2, 0) is 19.0 Å². The normalized spacial score (nSPS) is 12.2. The zero-order chi connectivity index (χ0) is 20.5. The van der Waals surface area contributed by atoms with E-state index in [0.29, 0.717) is 22.3 Å². The molecule has 2 nitrogen and oxygen atoms in total. The lowest BCUT2D eigenvalue weighted by atomic mass is 9.98. The zero-order valence-corrected chi connectivity index (χ0v) is 14.1. The van der Waals surface area contributed by atoms with E-state index in [1.54, 1.807) is 6.07 Å². The molecule has 1 N–H and O–H groups in total. The molecule has 3 rings (SSSR count). The quantitative estimate of drug-likeness (QED) is 0.555. The lowest BCUT2D eigenvalue weighted by Gasteiger charge is -2.12. The number of aliphatic hydroxyl groups excluding tert-OH is 1. The van der Waals surface area contributed by atoms with Crippen LogP contribution in [0.4, 0.5) is 26.3 Å². The van der Waals surface area contributed by atoms with Crippen LogP contribution in [0.1, 0.15) is 16.8 Å². The number of nitrogens with zero attached hydrogens (tertiary/aromatic N) is 1. The minimum absolute atomic E-state index is 0.246. The average Bonchev–Trinajstić information content (AvgIpc) is 2.66. The molecular weight excluding hydrogens is 384 g/mol. The second kappa shape index (κ2) is 7.27. The third-order valence-electron chi connectivity index (χ3n) is 4.19. The van der Waals surface area contributed by atoms with Gasteiger partial charge >= 0.3 is 12.4 Å². The minimum Gasteiger partial charge on any atom is -0.390 e. The van der Waals surface area contributed by atoms with Crippen molar-refractivity contribution in [2.24, 2.45) is 0 Å². The van der Waals surface area contributed by atoms with E-state index in [4.69, 9.17) is 0 Å². The van der Waals surface area contributed by atoms with Crippen molar-refractivity contribution in [3.63, 3.8) is 0 Å². The molecule has 0 bridgehead atoms. The molecule has 0 aliphatic rings. The van der Waals surface area contributed by atoms with Gasteiger partial charge in [0.15, 0.2) is 0 Å². The lowest BCUT2D eigenvalue weighted by molar-refractivity contribution is -0.138. The maximum atomic E-state index is 12.7. The number of aliphatic hydroxyl groups is 1. The highest BCUT2D eigenvalue weighted by atomic mass is 19.4. The van der Waals surface area contributed by atoms with E-state index in [1.165, 1.54) is 30.5 Å². The van der Waals surface area contributed by atoms with E-state index in [-0.39, 0.29) is 5.69 Å². The van der Waals surface area contributed by atoms with Gasteiger partial charge in [0.05, 0.1) is 23.4 Å². The van der Waals surface area contributed by atoms with Gasteiger partial charge in [-0.15, -0.1) is 0 Å². The van der Waals surface area contributed by atoms with Crippen molar-refractivity contribution >= 4 is 0 Å². The number of hydrogen-bond donors (Lipinski definition) is 1. The van der Waals surface area contributed by atoms with Gasteiger partial charge in [0.1, 0.15) is 0 Å². The molecule has 0 aliphatic carbocycles. The Bertz CT molecular complexity index is 960. The van der Waals surface area contributed by atoms with Crippen molar-refractivity contribution < 1.29 is 31.4 Å². The molecule has 28 heavy (non-hydrogen) atoms. The summed E-state index contributed by atoms with van der Waals surface area (Å²) in [5.74, 6) is 0. The molecule has 1 heterocycles. The first-order valence-electron chi connectivity index (χ1n) is 8.04. The Morgan fingerprint density at radius 1 is 0.679 bits per heavy atom. The van der Waals surface area contributed by atoms with Gasteiger partial charge in [0.2, 0.25) is 0 Å². The second-order valence-electron chi connectivity index (χ2n) is 6.03. The molecule has 0 unspecified atom stereocenters. The van der Waals surface area contributed by atoms with Crippen LogP contribution in [0.3, 0.4) is 0 Å². The lowest BCUT2D eigenvalue weighted by Crippen LogP contribution is -2.04. The predicted octanol–water partition coefficient (Wildman–Crippen LogP) is 5.95. The fourth-order valence-corrected chi connectivity index (χ4v) is 2.72. The molecule has 1 aromatic heterocycles. The molecule has 0 radical (unpaired) electrons. The molecule has 146 valence electrons. The monoisotopic (exact) mass is 397 g/mol. The topological polar surface area (TPSA) is 33.1 Å². The van der Waals surface area contributed by atoms with Crippen molar-refractivity contribution in [1.29, 1.82) is 0 Å². The highest BCUT2D eigenvalue weighted by Crippen LogP contribution is 2.34. The molecule has 2 aromatic carbocycles. The summed E-state index contributed by atoms with van der Waals surface area (Å²) in [7, 11) is 0. The zero-order valence-electron chi connectivity index (χ0n) is 14.1. The number of hydrogen-bond acceptors (Lipinski definition) is 2. The van der Waals surface area contributed by atoms with E-state index in [9.17, 15) is 31.4 Å². The Hall–Kier alpha value is -2.87. The number of benzene rings is 2. The molecule has 0 atom stereocenters. The average molecular weight is 397 g/mol. The highest BCUT2D eigenvalue weighted by Gasteiger charge is 2.31. The van der Waals surface area contributed by atoms with Gasteiger partial charge in [-0.25, -0.2) is 0 Å². The van der Waals surface area contributed by atoms with Crippen molar-refractivity contribution in [2.75, 3.05) is 0 Å². The van der Waals surface area contributed by atoms with E-state index in [1.807, 2.05) is 0 Å². The Morgan fingerprint density at radius 3 is 1.57 bits per heavy atom. The second-order valence-corrected chi connectivity index (χ2v) is 6.03. The van der Waals surface area contributed by atoms with E-state index < -0.39 is 30.1 Å². The smallest absolute Gasteiger partial charge is 0.390 e. The van der Waals surface area contributed by atoms with Gasteiger partial charge in [0.25, 0.3) is 0 Å². The van der Waals surface area contributed by atoms with Crippen LogP contribution in [0.5, 0.6) is 0 Å². The van der Waals surface area contributed by atoms with Crippen LogP contribution in [0, 0.1) is 0 Å². The van der Waals surface area contributed by atoms with Crippen LogP contribution >= 0.6 is 0 Å². The highest BCUT2D eigenvalue weighted by molar-refractivity contribution is 5.74. The number of pyridine rings is 1. The minimum atomic E-state index is -4.47. The predicted molar refractivity (Wildman–Crippen MR) is 91.0 cm³/mol. The van der Waals surface area contributed by atoms with Gasteiger partial charge in [-0.2, -0.15) is 26.3 Å². The number of halogens is 6. The van der Waals surface area contributed by atoms with Crippen molar-refractivity contribution in [2.45, 2.75) is 19.0 Å². The van der Waals surface area contributed by atoms with Crippen molar-refractivity contribution in [1.82, 2.24) is 4.98 Å².